The molecule has 2 atom stereocenters. The number of amides is 1. The van der Waals surface area contributed by atoms with Gasteiger partial charge < -0.3 is 24.7 Å². The Hall–Kier alpha value is -0.850. The average Bonchev–Trinajstić information content (AvgIpc) is 2.82. The van der Waals surface area contributed by atoms with Crippen molar-refractivity contribution in [3.05, 3.63) is 0 Å². The number of rotatable bonds is 2. The third-order valence-electron chi connectivity index (χ3n) is 5.33. The summed E-state index contributed by atoms with van der Waals surface area (Å²) in [5.74, 6) is 0. The summed E-state index contributed by atoms with van der Waals surface area (Å²) in [6.07, 6.45) is 2.46. The van der Waals surface area contributed by atoms with E-state index in [-0.39, 0.29) is 12.7 Å². The molecule has 1 amide bonds. The molecular weight excluding hydrogens is 296 g/mol. The van der Waals surface area contributed by atoms with Gasteiger partial charge in [-0.05, 0) is 60.0 Å². The molecule has 2 aliphatic rings. The molecule has 2 saturated heterocycles. The van der Waals surface area contributed by atoms with Crippen molar-refractivity contribution in [2.45, 2.75) is 57.7 Å². The van der Waals surface area contributed by atoms with Crippen LogP contribution >= 0.6 is 0 Å². The Bertz CT molecular complexity index is 437. The number of likely N-dealkylation sites (tertiary alicyclic amines) is 2. The molecule has 0 radical (unpaired) electrons. The molecule has 0 aromatic carbocycles. The number of aliphatic hydroxyl groups excluding tert-OH is 1. The number of ether oxygens (including phenoxy) is 1. The highest BCUT2D eigenvalue weighted by Crippen LogP contribution is 2.46. The minimum atomic E-state index is -0.927. The quantitative estimate of drug-likeness (QED) is 0.803. The summed E-state index contributed by atoms with van der Waals surface area (Å²) < 4.78 is 5.44. The van der Waals surface area contributed by atoms with E-state index in [0.29, 0.717) is 32.4 Å². The summed E-state index contributed by atoms with van der Waals surface area (Å²) in [5.41, 5.74) is -2.11. The highest BCUT2D eigenvalue weighted by atomic mass is 16.6. The van der Waals surface area contributed by atoms with Crippen LogP contribution in [0.5, 0.6) is 0 Å². The molecule has 134 valence electrons. The summed E-state index contributed by atoms with van der Waals surface area (Å²) >= 11 is 0. The number of hydrogen-bond acceptors (Lipinski definition) is 5. The monoisotopic (exact) mass is 328 g/mol. The van der Waals surface area contributed by atoms with E-state index in [9.17, 15) is 15.0 Å². The number of carbonyl (C=O) groups is 1. The predicted molar refractivity (Wildman–Crippen MR) is 88.2 cm³/mol. The molecule has 0 spiro atoms. The summed E-state index contributed by atoms with van der Waals surface area (Å²) in [7, 11) is 2.05. The van der Waals surface area contributed by atoms with Gasteiger partial charge in [0, 0.05) is 25.0 Å². The highest BCUT2D eigenvalue weighted by Gasteiger charge is 2.54. The van der Waals surface area contributed by atoms with Crippen molar-refractivity contribution in [3.8, 4) is 0 Å². The van der Waals surface area contributed by atoms with Crippen LogP contribution in [0.3, 0.4) is 0 Å². The van der Waals surface area contributed by atoms with Gasteiger partial charge >= 0.3 is 6.09 Å². The first kappa shape index (κ1) is 18.5. The lowest BCUT2D eigenvalue weighted by Gasteiger charge is -2.43. The van der Waals surface area contributed by atoms with E-state index in [1.54, 1.807) is 4.90 Å². The van der Waals surface area contributed by atoms with Gasteiger partial charge in [0.05, 0.1) is 12.2 Å². The van der Waals surface area contributed by atoms with Gasteiger partial charge in [-0.25, -0.2) is 4.79 Å². The van der Waals surface area contributed by atoms with Gasteiger partial charge in [0.25, 0.3) is 0 Å². The predicted octanol–water partition coefficient (Wildman–Crippen LogP) is 1.45. The number of aliphatic hydroxyl groups is 2. The topological polar surface area (TPSA) is 73.2 Å². The van der Waals surface area contributed by atoms with E-state index >= 15 is 0 Å². The van der Waals surface area contributed by atoms with Crippen molar-refractivity contribution in [1.82, 2.24) is 9.80 Å². The second-order valence-corrected chi connectivity index (χ2v) is 8.28. The highest BCUT2D eigenvalue weighted by molar-refractivity contribution is 5.68. The Labute approximate surface area is 139 Å². The molecular formula is C17H32N2O4. The molecule has 0 bridgehead atoms. The van der Waals surface area contributed by atoms with Crippen molar-refractivity contribution in [1.29, 1.82) is 0 Å². The molecule has 6 nitrogen and oxygen atoms in total. The van der Waals surface area contributed by atoms with Crippen LogP contribution < -0.4 is 0 Å². The molecule has 2 heterocycles. The van der Waals surface area contributed by atoms with Crippen LogP contribution in [0, 0.1) is 5.41 Å². The van der Waals surface area contributed by atoms with Crippen molar-refractivity contribution < 1.29 is 19.7 Å². The third-order valence-corrected chi connectivity index (χ3v) is 5.33. The summed E-state index contributed by atoms with van der Waals surface area (Å²) in [5, 5.41) is 21.4. The van der Waals surface area contributed by atoms with Gasteiger partial charge in [0.2, 0.25) is 0 Å². The van der Waals surface area contributed by atoms with Crippen LogP contribution in [0.1, 0.15) is 46.5 Å². The minimum Gasteiger partial charge on any atom is -0.444 e. The van der Waals surface area contributed by atoms with E-state index in [0.717, 1.165) is 19.5 Å². The molecule has 0 aromatic heterocycles. The molecule has 23 heavy (non-hydrogen) atoms. The Morgan fingerprint density at radius 3 is 2.48 bits per heavy atom. The standard InChI is InChI=1S/C17H32N2O4/c1-15(2,3)23-14(21)19-11-7-16(12-19,13-20)17(22)6-5-9-18(4)10-8-17/h20,22H,5-13H2,1-4H3. The van der Waals surface area contributed by atoms with Crippen LogP contribution in [0.2, 0.25) is 0 Å². The smallest absolute Gasteiger partial charge is 0.410 e. The second-order valence-electron chi connectivity index (χ2n) is 8.28. The first-order chi connectivity index (χ1) is 10.6. The zero-order valence-corrected chi connectivity index (χ0v) is 15.0. The Balaban J connectivity index is 2.11. The SMILES string of the molecule is CN1CCCC(O)(C2(CO)CCN(C(=O)OC(C)(C)C)C2)CC1. The zero-order valence-electron chi connectivity index (χ0n) is 15.0. The first-order valence-electron chi connectivity index (χ1n) is 8.61. The molecule has 2 aliphatic heterocycles. The van der Waals surface area contributed by atoms with Crippen molar-refractivity contribution in [3.63, 3.8) is 0 Å². The van der Waals surface area contributed by atoms with E-state index in [4.69, 9.17) is 4.74 Å². The van der Waals surface area contributed by atoms with Crippen molar-refractivity contribution in [2.24, 2.45) is 5.41 Å². The van der Waals surface area contributed by atoms with Gasteiger partial charge in [-0.1, -0.05) is 0 Å². The fourth-order valence-electron chi connectivity index (χ4n) is 3.80. The van der Waals surface area contributed by atoms with E-state index in [1.165, 1.54) is 0 Å². The Kier molecular flexibility index (Phi) is 5.28. The lowest BCUT2D eigenvalue weighted by Crippen LogP contribution is -2.53. The van der Waals surface area contributed by atoms with Gasteiger partial charge in [-0.2, -0.15) is 0 Å². The fraction of sp³-hybridized carbons (Fsp3) is 0.941. The fourth-order valence-corrected chi connectivity index (χ4v) is 3.80. The maximum absolute atomic E-state index is 12.3. The second kappa shape index (κ2) is 6.57. The molecule has 2 N–H and O–H groups in total. The van der Waals surface area contributed by atoms with Crippen molar-refractivity contribution in [2.75, 3.05) is 39.8 Å². The Morgan fingerprint density at radius 1 is 1.17 bits per heavy atom. The first-order valence-corrected chi connectivity index (χ1v) is 8.61. The molecule has 6 heteroatoms. The maximum Gasteiger partial charge on any atom is 0.410 e. The summed E-state index contributed by atoms with van der Waals surface area (Å²) in [6, 6.07) is 0. The summed E-state index contributed by atoms with van der Waals surface area (Å²) in [4.78, 5) is 16.1. The van der Waals surface area contributed by atoms with Gasteiger partial charge in [0.1, 0.15) is 5.60 Å². The number of hydrogen-bond donors (Lipinski definition) is 2. The molecule has 2 unspecified atom stereocenters. The van der Waals surface area contributed by atoms with Gasteiger partial charge in [-0.15, -0.1) is 0 Å². The summed E-state index contributed by atoms with van der Waals surface area (Å²) in [6.45, 7) is 8.07. The van der Waals surface area contributed by atoms with Crippen LogP contribution in [-0.4, -0.2) is 77.1 Å². The minimum absolute atomic E-state index is 0.105. The van der Waals surface area contributed by atoms with Gasteiger partial charge in [-0.3, -0.25) is 0 Å². The molecule has 0 saturated carbocycles. The number of nitrogens with zero attached hydrogens (tertiary/aromatic N) is 2. The van der Waals surface area contributed by atoms with Crippen LogP contribution in [-0.2, 0) is 4.74 Å². The van der Waals surface area contributed by atoms with Crippen LogP contribution in [0.15, 0.2) is 0 Å². The lowest BCUT2D eigenvalue weighted by atomic mass is 9.68. The van der Waals surface area contributed by atoms with Crippen LogP contribution in [0.25, 0.3) is 0 Å². The van der Waals surface area contributed by atoms with E-state index < -0.39 is 16.6 Å². The molecule has 2 fully saturated rings. The lowest BCUT2D eigenvalue weighted by molar-refractivity contribution is -0.112. The molecule has 2 rings (SSSR count). The van der Waals surface area contributed by atoms with Gasteiger partial charge in [0.15, 0.2) is 0 Å². The maximum atomic E-state index is 12.3. The zero-order chi connectivity index (χ0) is 17.3. The number of carbonyl (C=O) groups excluding carboxylic acids is 1. The molecule has 0 aliphatic carbocycles. The Morgan fingerprint density at radius 2 is 1.87 bits per heavy atom. The third kappa shape index (κ3) is 3.98. The van der Waals surface area contributed by atoms with E-state index in [2.05, 4.69) is 11.9 Å². The molecule has 0 aromatic rings. The average molecular weight is 328 g/mol. The normalized spacial score (nSPS) is 33.6. The van der Waals surface area contributed by atoms with E-state index in [1.807, 2.05) is 20.8 Å². The van der Waals surface area contributed by atoms with Crippen molar-refractivity contribution >= 4 is 6.09 Å². The van der Waals surface area contributed by atoms with Crippen LogP contribution in [0.4, 0.5) is 4.79 Å². The largest absolute Gasteiger partial charge is 0.444 e.